The van der Waals surface area contributed by atoms with Crippen LogP contribution in [0.5, 0.6) is 0 Å². The van der Waals surface area contributed by atoms with E-state index in [0.29, 0.717) is 11.1 Å². The number of benzene rings is 2. The van der Waals surface area contributed by atoms with Crippen LogP contribution in [0, 0.1) is 5.82 Å². The highest BCUT2D eigenvalue weighted by molar-refractivity contribution is 5.99. The molecule has 108 valence electrons. The van der Waals surface area contributed by atoms with E-state index < -0.39 is 17.6 Å². The molecule has 0 aliphatic carbocycles. The number of amides is 2. The number of primary amides is 1. The van der Waals surface area contributed by atoms with Crippen LogP contribution in [0.1, 0.15) is 26.3 Å². The Morgan fingerprint density at radius 3 is 2.62 bits per heavy atom. The minimum atomic E-state index is -0.544. The van der Waals surface area contributed by atoms with Gasteiger partial charge in [0.15, 0.2) is 0 Å². The predicted molar refractivity (Wildman–Crippen MR) is 76.9 cm³/mol. The molecule has 2 aromatic carbocycles. The van der Waals surface area contributed by atoms with E-state index in [4.69, 9.17) is 11.5 Å². The van der Waals surface area contributed by atoms with Crippen LogP contribution in [0.4, 0.5) is 10.1 Å². The van der Waals surface area contributed by atoms with Gasteiger partial charge in [-0.2, -0.15) is 0 Å². The highest BCUT2D eigenvalue weighted by atomic mass is 19.1. The molecule has 0 saturated carbocycles. The summed E-state index contributed by atoms with van der Waals surface area (Å²) >= 11 is 0. The number of nitrogens with one attached hydrogen (secondary N) is 1. The van der Waals surface area contributed by atoms with Gasteiger partial charge in [-0.3, -0.25) is 9.59 Å². The van der Waals surface area contributed by atoms with Crippen molar-refractivity contribution in [1.82, 2.24) is 5.32 Å². The number of anilines is 1. The van der Waals surface area contributed by atoms with Crippen molar-refractivity contribution in [3.8, 4) is 0 Å². The van der Waals surface area contributed by atoms with Crippen LogP contribution in [-0.2, 0) is 6.54 Å². The smallest absolute Gasteiger partial charge is 0.253 e. The van der Waals surface area contributed by atoms with Gasteiger partial charge in [0.05, 0.1) is 5.56 Å². The zero-order valence-electron chi connectivity index (χ0n) is 11.1. The van der Waals surface area contributed by atoms with Crippen LogP contribution in [-0.4, -0.2) is 11.8 Å². The number of carbonyl (C=O) groups excluding carboxylic acids is 2. The Hall–Kier alpha value is -2.89. The number of halogens is 1. The lowest BCUT2D eigenvalue weighted by Crippen LogP contribution is -2.24. The van der Waals surface area contributed by atoms with Gasteiger partial charge in [-0.25, -0.2) is 4.39 Å². The van der Waals surface area contributed by atoms with Crippen LogP contribution >= 0.6 is 0 Å². The van der Waals surface area contributed by atoms with Crippen LogP contribution in [0.25, 0.3) is 0 Å². The zero-order valence-corrected chi connectivity index (χ0v) is 11.1. The van der Waals surface area contributed by atoms with Crippen molar-refractivity contribution in [1.29, 1.82) is 0 Å². The monoisotopic (exact) mass is 287 g/mol. The average Bonchev–Trinajstić information content (AvgIpc) is 2.47. The van der Waals surface area contributed by atoms with E-state index in [2.05, 4.69) is 5.32 Å². The van der Waals surface area contributed by atoms with E-state index >= 15 is 0 Å². The van der Waals surface area contributed by atoms with Gasteiger partial charge in [0, 0.05) is 17.8 Å². The highest BCUT2D eigenvalue weighted by Gasteiger charge is 2.11. The van der Waals surface area contributed by atoms with Gasteiger partial charge in [-0.1, -0.05) is 12.1 Å². The fraction of sp³-hybridized carbons (Fsp3) is 0.0667. The normalized spacial score (nSPS) is 10.1. The van der Waals surface area contributed by atoms with Crippen LogP contribution in [0.2, 0.25) is 0 Å². The Labute approximate surface area is 120 Å². The molecular formula is C15H14FN3O2. The van der Waals surface area contributed by atoms with Crippen molar-refractivity contribution in [2.24, 2.45) is 5.73 Å². The zero-order chi connectivity index (χ0) is 15.4. The summed E-state index contributed by atoms with van der Waals surface area (Å²) in [5, 5.41) is 2.61. The molecular weight excluding hydrogens is 273 g/mol. The number of nitrogens with two attached hydrogens (primary N) is 2. The predicted octanol–water partition coefficient (Wildman–Crippen LogP) is 1.44. The first-order valence-corrected chi connectivity index (χ1v) is 6.19. The number of nitrogen functional groups attached to an aromatic ring is 1. The molecule has 0 atom stereocenters. The average molecular weight is 287 g/mol. The van der Waals surface area contributed by atoms with Crippen molar-refractivity contribution >= 4 is 17.5 Å². The molecule has 0 spiro atoms. The summed E-state index contributed by atoms with van der Waals surface area (Å²) in [5.74, 6) is -1.57. The molecule has 2 aromatic rings. The summed E-state index contributed by atoms with van der Waals surface area (Å²) in [7, 11) is 0. The molecule has 0 bridgehead atoms. The summed E-state index contributed by atoms with van der Waals surface area (Å²) in [6.45, 7) is 0.176. The number of carbonyl (C=O) groups is 2. The van der Waals surface area contributed by atoms with E-state index in [0.717, 1.165) is 6.07 Å². The van der Waals surface area contributed by atoms with Crippen molar-refractivity contribution in [3.05, 3.63) is 65.0 Å². The molecule has 0 heterocycles. The van der Waals surface area contributed by atoms with Gasteiger partial charge in [-0.05, 0) is 35.9 Å². The molecule has 0 aliphatic rings. The molecule has 2 rings (SSSR count). The number of rotatable bonds is 4. The van der Waals surface area contributed by atoms with E-state index in [-0.39, 0.29) is 17.8 Å². The van der Waals surface area contributed by atoms with Gasteiger partial charge in [0.25, 0.3) is 5.91 Å². The standard InChI is InChI=1S/C15H14FN3O2/c16-11-4-5-13(17)12(7-11)15(21)19-8-9-2-1-3-10(6-9)14(18)20/h1-7H,8,17H2,(H2,18,20)(H,19,21). The molecule has 21 heavy (non-hydrogen) atoms. The summed E-state index contributed by atoms with van der Waals surface area (Å²) in [5.41, 5.74) is 12.1. The van der Waals surface area contributed by atoms with Crippen LogP contribution in [0.3, 0.4) is 0 Å². The Morgan fingerprint density at radius 1 is 1.14 bits per heavy atom. The fourth-order valence-corrected chi connectivity index (χ4v) is 1.84. The Kier molecular flexibility index (Phi) is 4.18. The maximum absolute atomic E-state index is 13.1. The SMILES string of the molecule is NC(=O)c1cccc(CNC(=O)c2cc(F)ccc2N)c1. The van der Waals surface area contributed by atoms with E-state index in [9.17, 15) is 14.0 Å². The topological polar surface area (TPSA) is 98.2 Å². The van der Waals surface area contributed by atoms with Crippen LogP contribution < -0.4 is 16.8 Å². The molecule has 0 fully saturated rings. The second kappa shape index (κ2) is 6.04. The maximum atomic E-state index is 13.1. The molecule has 5 nitrogen and oxygen atoms in total. The molecule has 2 amide bonds. The number of hydrogen-bond donors (Lipinski definition) is 3. The first kappa shape index (κ1) is 14.5. The first-order chi connectivity index (χ1) is 9.97. The summed E-state index contributed by atoms with van der Waals surface area (Å²) < 4.78 is 13.1. The Balaban J connectivity index is 2.09. The summed E-state index contributed by atoms with van der Waals surface area (Å²) in [6.07, 6.45) is 0. The molecule has 0 saturated heterocycles. The largest absolute Gasteiger partial charge is 0.398 e. The maximum Gasteiger partial charge on any atom is 0.253 e. The second-order valence-corrected chi connectivity index (χ2v) is 4.48. The lowest BCUT2D eigenvalue weighted by atomic mass is 10.1. The van der Waals surface area contributed by atoms with Gasteiger partial charge in [0.2, 0.25) is 5.91 Å². The van der Waals surface area contributed by atoms with Crippen molar-refractivity contribution in [2.75, 3.05) is 5.73 Å². The third-order valence-corrected chi connectivity index (χ3v) is 2.92. The first-order valence-electron chi connectivity index (χ1n) is 6.19. The summed E-state index contributed by atoms with van der Waals surface area (Å²) in [4.78, 5) is 23.0. The quantitative estimate of drug-likeness (QED) is 0.742. The molecule has 0 aromatic heterocycles. The van der Waals surface area contributed by atoms with Crippen molar-refractivity contribution in [3.63, 3.8) is 0 Å². The molecule has 0 aliphatic heterocycles. The molecule has 0 radical (unpaired) electrons. The lowest BCUT2D eigenvalue weighted by molar-refractivity contribution is 0.0950. The van der Waals surface area contributed by atoms with E-state index in [1.807, 2.05) is 0 Å². The second-order valence-electron chi connectivity index (χ2n) is 4.48. The Morgan fingerprint density at radius 2 is 1.90 bits per heavy atom. The third kappa shape index (κ3) is 3.56. The third-order valence-electron chi connectivity index (χ3n) is 2.92. The van der Waals surface area contributed by atoms with Gasteiger partial charge >= 0.3 is 0 Å². The lowest BCUT2D eigenvalue weighted by Gasteiger charge is -2.08. The van der Waals surface area contributed by atoms with Crippen LogP contribution in [0.15, 0.2) is 42.5 Å². The van der Waals surface area contributed by atoms with E-state index in [1.165, 1.54) is 12.1 Å². The Bertz CT molecular complexity index is 701. The van der Waals surface area contributed by atoms with Crippen molar-refractivity contribution in [2.45, 2.75) is 6.54 Å². The number of hydrogen-bond acceptors (Lipinski definition) is 3. The van der Waals surface area contributed by atoms with Crippen molar-refractivity contribution < 1.29 is 14.0 Å². The molecule has 6 heteroatoms. The molecule has 5 N–H and O–H groups in total. The molecule has 0 unspecified atom stereocenters. The van der Waals surface area contributed by atoms with E-state index in [1.54, 1.807) is 24.3 Å². The van der Waals surface area contributed by atoms with Gasteiger partial charge < -0.3 is 16.8 Å². The minimum Gasteiger partial charge on any atom is -0.398 e. The minimum absolute atomic E-state index is 0.0704. The summed E-state index contributed by atoms with van der Waals surface area (Å²) in [6, 6.07) is 10.2. The van der Waals surface area contributed by atoms with Gasteiger partial charge in [-0.15, -0.1) is 0 Å². The fourth-order valence-electron chi connectivity index (χ4n) is 1.84. The van der Waals surface area contributed by atoms with Gasteiger partial charge in [0.1, 0.15) is 5.82 Å². The highest BCUT2D eigenvalue weighted by Crippen LogP contribution is 2.13.